The van der Waals surface area contributed by atoms with Crippen LogP contribution >= 0.6 is 23.4 Å². The number of benzene rings is 2. The first-order chi connectivity index (χ1) is 12.0. The van der Waals surface area contributed by atoms with E-state index in [0.29, 0.717) is 21.7 Å². The maximum Gasteiger partial charge on any atom is 0.234 e. The summed E-state index contributed by atoms with van der Waals surface area (Å²) in [5.41, 5.74) is 3.71. The fourth-order valence-corrected chi connectivity index (χ4v) is 2.98. The zero-order valence-corrected chi connectivity index (χ0v) is 15.4. The number of carbonyl (C=O) groups excluding carboxylic acids is 1. The van der Waals surface area contributed by atoms with Gasteiger partial charge in [0.25, 0.3) is 0 Å². The molecule has 5 nitrogen and oxygen atoms in total. The van der Waals surface area contributed by atoms with Gasteiger partial charge in [-0.05, 0) is 31.5 Å². The van der Waals surface area contributed by atoms with E-state index in [1.54, 1.807) is 12.1 Å². The molecule has 0 atom stereocenters. The van der Waals surface area contributed by atoms with Gasteiger partial charge in [-0.15, -0.1) is 5.10 Å². The summed E-state index contributed by atoms with van der Waals surface area (Å²) >= 11 is 7.34. The molecule has 3 aromatic rings. The number of hydrogen-bond acceptors (Lipinski definition) is 4. The maximum atomic E-state index is 12.1. The van der Waals surface area contributed by atoms with Crippen LogP contribution in [0.3, 0.4) is 0 Å². The Bertz CT molecular complexity index is 892. The minimum atomic E-state index is -0.128. The van der Waals surface area contributed by atoms with Crippen molar-refractivity contribution in [1.82, 2.24) is 15.2 Å². The third-order valence-electron chi connectivity index (χ3n) is 3.66. The van der Waals surface area contributed by atoms with Crippen LogP contribution in [0, 0.1) is 13.8 Å². The average molecular weight is 373 g/mol. The zero-order valence-electron chi connectivity index (χ0n) is 13.8. The number of amides is 1. The third-order valence-corrected chi connectivity index (χ3v) is 4.92. The number of thioether (sulfide) groups is 1. The lowest BCUT2D eigenvalue weighted by Gasteiger charge is -2.08. The summed E-state index contributed by atoms with van der Waals surface area (Å²) in [6.45, 7) is 3.90. The standard InChI is InChI=1S/C18H17ClN4OS/c1-11-6-8-13(9-7-11)17-21-18(23-22-17)25-10-16(24)20-15-5-3-4-14(19)12(15)2/h3-9H,10H2,1-2H3,(H,20,24)(H,21,22,23). The molecule has 0 unspecified atom stereocenters. The van der Waals surface area contributed by atoms with Crippen molar-refractivity contribution in [2.24, 2.45) is 0 Å². The number of aromatic amines is 1. The molecule has 7 heteroatoms. The lowest BCUT2D eigenvalue weighted by molar-refractivity contribution is -0.113. The normalized spacial score (nSPS) is 10.7. The number of halogens is 1. The van der Waals surface area contributed by atoms with E-state index < -0.39 is 0 Å². The van der Waals surface area contributed by atoms with Crippen molar-refractivity contribution in [3.8, 4) is 11.4 Å². The lowest BCUT2D eigenvalue weighted by atomic mass is 10.1. The molecule has 2 aromatic carbocycles. The Kier molecular flexibility index (Phi) is 5.40. The number of nitrogens with one attached hydrogen (secondary N) is 2. The van der Waals surface area contributed by atoms with E-state index in [4.69, 9.17) is 11.6 Å². The number of hydrogen-bond donors (Lipinski definition) is 2. The number of nitrogens with zero attached hydrogens (tertiary/aromatic N) is 2. The van der Waals surface area contributed by atoms with Crippen molar-refractivity contribution < 1.29 is 4.79 Å². The highest BCUT2D eigenvalue weighted by Gasteiger charge is 2.10. The first kappa shape index (κ1) is 17.5. The fraction of sp³-hybridized carbons (Fsp3) is 0.167. The van der Waals surface area contributed by atoms with E-state index in [1.165, 1.54) is 17.3 Å². The Morgan fingerprint density at radius 1 is 1.20 bits per heavy atom. The second kappa shape index (κ2) is 7.72. The van der Waals surface area contributed by atoms with Gasteiger partial charge in [0.1, 0.15) is 0 Å². The molecular formula is C18H17ClN4OS. The van der Waals surface area contributed by atoms with E-state index in [9.17, 15) is 4.79 Å². The highest BCUT2D eigenvalue weighted by atomic mass is 35.5. The molecule has 1 amide bonds. The summed E-state index contributed by atoms with van der Waals surface area (Å²) in [5, 5.41) is 11.1. The smallest absolute Gasteiger partial charge is 0.234 e. The molecule has 0 bridgehead atoms. The molecular weight excluding hydrogens is 356 g/mol. The molecule has 0 spiro atoms. The molecule has 128 valence electrons. The molecule has 0 saturated heterocycles. The van der Waals surface area contributed by atoms with Gasteiger partial charge >= 0.3 is 0 Å². The molecule has 0 fully saturated rings. The third kappa shape index (κ3) is 4.41. The highest BCUT2D eigenvalue weighted by molar-refractivity contribution is 7.99. The van der Waals surface area contributed by atoms with Gasteiger partial charge < -0.3 is 5.32 Å². The number of H-pyrrole nitrogens is 1. The van der Waals surface area contributed by atoms with Crippen LogP contribution in [0.4, 0.5) is 5.69 Å². The Morgan fingerprint density at radius 2 is 1.96 bits per heavy atom. The second-order valence-electron chi connectivity index (χ2n) is 5.58. The van der Waals surface area contributed by atoms with Crippen molar-refractivity contribution in [2.75, 3.05) is 11.1 Å². The largest absolute Gasteiger partial charge is 0.325 e. The Morgan fingerprint density at radius 3 is 2.72 bits per heavy atom. The van der Waals surface area contributed by atoms with E-state index in [0.717, 1.165) is 11.1 Å². The van der Waals surface area contributed by atoms with Gasteiger partial charge in [0.2, 0.25) is 11.1 Å². The zero-order chi connectivity index (χ0) is 17.8. The van der Waals surface area contributed by atoms with E-state index in [2.05, 4.69) is 20.5 Å². The quantitative estimate of drug-likeness (QED) is 0.648. The molecule has 0 aliphatic rings. The van der Waals surface area contributed by atoms with E-state index in [1.807, 2.05) is 44.2 Å². The van der Waals surface area contributed by atoms with Crippen molar-refractivity contribution >= 4 is 35.0 Å². The molecule has 2 N–H and O–H groups in total. The van der Waals surface area contributed by atoms with Gasteiger partial charge in [-0.3, -0.25) is 9.89 Å². The van der Waals surface area contributed by atoms with Crippen LogP contribution in [0.25, 0.3) is 11.4 Å². The van der Waals surface area contributed by atoms with E-state index in [-0.39, 0.29) is 11.7 Å². The molecule has 0 aliphatic heterocycles. The van der Waals surface area contributed by atoms with Crippen LogP contribution in [0.1, 0.15) is 11.1 Å². The van der Waals surface area contributed by atoms with Crippen LogP contribution in [-0.2, 0) is 4.79 Å². The summed E-state index contributed by atoms with van der Waals surface area (Å²) in [6, 6.07) is 13.4. The summed E-state index contributed by atoms with van der Waals surface area (Å²) in [5.74, 6) is 0.780. The van der Waals surface area contributed by atoms with Gasteiger partial charge in [0.05, 0.1) is 5.75 Å². The summed E-state index contributed by atoms with van der Waals surface area (Å²) in [6.07, 6.45) is 0. The minimum Gasteiger partial charge on any atom is -0.325 e. The molecule has 1 heterocycles. The van der Waals surface area contributed by atoms with Crippen molar-refractivity contribution in [3.63, 3.8) is 0 Å². The number of anilines is 1. The average Bonchev–Trinajstić information content (AvgIpc) is 3.07. The van der Waals surface area contributed by atoms with Crippen LogP contribution in [-0.4, -0.2) is 26.8 Å². The first-order valence-electron chi connectivity index (χ1n) is 7.70. The van der Waals surface area contributed by atoms with Gasteiger partial charge in [-0.2, -0.15) is 0 Å². The monoisotopic (exact) mass is 372 g/mol. The SMILES string of the molecule is Cc1ccc(-c2nc(SCC(=O)Nc3cccc(Cl)c3C)n[nH]2)cc1. The van der Waals surface area contributed by atoms with Crippen LogP contribution in [0.5, 0.6) is 0 Å². The van der Waals surface area contributed by atoms with Crippen molar-refractivity contribution in [3.05, 3.63) is 58.6 Å². The fourth-order valence-electron chi connectivity index (χ4n) is 2.21. The van der Waals surface area contributed by atoms with Gasteiger partial charge in [0, 0.05) is 16.3 Å². The molecule has 25 heavy (non-hydrogen) atoms. The molecule has 3 rings (SSSR count). The van der Waals surface area contributed by atoms with Crippen LogP contribution in [0.15, 0.2) is 47.6 Å². The Labute approximate surface area is 155 Å². The second-order valence-corrected chi connectivity index (χ2v) is 6.93. The number of aryl methyl sites for hydroxylation is 1. The van der Waals surface area contributed by atoms with Crippen LogP contribution in [0.2, 0.25) is 5.02 Å². The summed E-state index contributed by atoms with van der Waals surface area (Å²) < 4.78 is 0. The molecule has 0 radical (unpaired) electrons. The molecule has 0 aliphatic carbocycles. The Hall–Kier alpha value is -2.31. The lowest BCUT2D eigenvalue weighted by Crippen LogP contribution is -2.15. The highest BCUT2D eigenvalue weighted by Crippen LogP contribution is 2.24. The molecule has 1 aromatic heterocycles. The minimum absolute atomic E-state index is 0.128. The van der Waals surface area contributed by atoms with Gasteiger partial charge in [0.15, 0.2) is 5.82 Å². The van der Waals surface area contributed by atoms with Gasteiger partial charge in [-0.1, -0.05) is 59.3 Å². The summed E-state index contributed by atoms with van der Waals surface area (Å²) in [4.78, 5) is 16.5. The van der Waals surface area contributed by atoms with Crippen LogP contribution < -0.4 is 5.32 Å². The Balaban J connectivity index is 1.59. The number of carbonyl (C=O) groups is 1. The van der Waals surface area contributed by atoms with Gasteiger partial charge in [-0.25, -0.2) is 4.98 Å². The van der Waals surface area contributed by atoms with Crippen molar-refractivity contribution in [2.45, 2.75) is 19.0 Å². The number of aromatic nitrogens is 3. The first-order valence-corrected chi connectivity index (χ1v) is 9.06. The molecule has 0 saturated carbocycles. The topological polar surface area (TPSA) is 70.7 Å². The number of rotatable bonds is 5. The summed E-state index contributed by atoms with van der Waals surface area (Å²) in [7, 11) is 0. The maximum absolute atomic E-state index is 12.1. The van der Waals surface area contributed by atoms with Crippen molar-refractivity contribution in [1.29, 1.82) is 0 Å². The predicted octanol–water partition coefficient (Wildman–Crippen LogP) is 4.47. The predicted molar refractivity (Wildman–Crippen MR) is 102 cm³/mol. The van der Waals surface area contributed by atoms with E-state index >= 15 is 0 Å².